The van der Waals surface area contributed by atoms with Crippen molar-refractivity contribution in [1.82, 2.24) is 0 Å². The van der Waals surface area contributed by atoms with Crippen LogP contribution in [-0.4, -0.2) is 12.7 Å². The Kier molecular flexibility index (Phi) is 5.83. The molecule has 22 heavy (non-hydrogen) atoms. The van der Waals surface area contributed by atoms with Gasteiger partial charge in [-0.2, -0.15) is 0 Å². The van der Waals surface area contributed by atoms with Crippen molar-refractivity contribution < 1.29 is 14.3 Å². The molecule has 0 unspecified atom stereocenters. The fourth-order valence-corrected chi connectivity index (χ4v) is 1.77. The first-order valence-corrected chi connectivity index (χ1v) is 7.34. The molecule has 0 aliphatic rings. The number of benzene rings is 2. The van der Waals surface area contributed by atoms with Crippen LogP contribution in [0.1, 0.15) is 19.4 Å². The number of ether oxygens (including phenoxy) is 2. The molecule has 0 saturated carbocycles. The van der Waals surface area contributed by atoms with Gasteiger partial charge in [-0.3, -0.25) is 5.32 Å². The SMILES string of the molecule is CC(C)COc1ccc(COC(=O)Nc2ccccc2)cc1. The second kappa shape index (κ2) is 8.08. The highest BCUT2D eigenvalue weighted by Gasteiger charge is 2.04. The second-order valence-corrected chi connectivity index (χ2v) is 5.42. The Morgan fingerprint density at radius 2 is 1.73 bits per heavy atom. The molecule has 0 aliphatic carbocycles. The predicted octanol–water partition coefficient (Wildman–Crippen LogP) is 4.47. The fourth-order valence-electron chi connectivity index (χ4n) is 1.77. The molecule has 0 radical (unpaired) electrons. The van der Waals surface area contributed by atoms with Crippen LogP contribution in [0, 0.1) is 5.92 Å². The summed E-state index contributed by atoms with van der Waals surface area (Å²) < 4.78 is 10.8. The summed E-state index contributed by atoms with van der Waals surface area (Å²) in [7, 11) is 0. The molecule has 0 aliphatic heterocycles. The summed E-state index contributed by atoms with van der Waals surface area (Å²) in [5, 5.41) is 2.67. The summed E-state index contributed by atoms with van der Waals surface area (Å²) in [5.41, 5.74) is 1.63. The van der Waals surface area contributed by atoms with Crippen molar-refractivity contribution in [3.05, 3.63) is 60.2 Å². The van der Waals surface area contributed by atoms with Gasteiger partial charge in [0.05, 0.1) is 6.61 Å². The molecule has 0 heterocycles. The molecule has 0 spiro atoms. The van der Waals surface area contributed by atoms with Crippen LogP contribution >= 0.6 is 0 Å². The van der Waals surface area contributed by atoms with Crippen molar-refractivity contribution in [2.75, 3.05) is 11.9 Å². The van der Waals surface area contributed by atoms with Crippen LogP contribution in [0.4, 0.5) is 10.5 Å². The van der Waals surface area contributed by atoms with E-state index in [1.165, 1.54) is 0 Å². The highest BCUT2D eigenvalue weighted by molar-refractivity contribution is 5.84. The highest BCUT2D eigenvalue weighted by atomic mass is 16.5. The topological polar surface area (TPSA) is 47.6 Å². The van der Waals surface area contributed by atoms with Crippen molar-refractivity contribution in [1.29, 1.82) is 0 Å². The van der Waals surface area contributed by atoms with E-state index in [1.54, 1.807) is 0 Å². The Morgan fingerprint density at radius 3 is 2.36 bits per heavy atom. The standard InChI is InChI=1S/C18H21NO3/c1-14(2)12-21-17-10-8-15(9-11-17)13-22-18(20)19-16-6-4-3-5-7-16/h3-11,14H,12-13H2,1-2H3,(H,19,20). The summed E-state index contributed by atoms with van der Waals surface area (Å²) in [4.78, 5) is 11.7. The van der Waals surface area contributed by atoms with Crippen LogP contribution in [0.25, 0.3) is 0 Å². The van der Waals surface area contributed by atoms with Crippen molar-refractivity contribution in [2.45, 2.75) is 20.5 Å². The van der Waals surface area contributed by atoms with E-state index in [4.69, 9.17) is 9.47 Å². The lowest BCUT2D eigenvalue weighted by molar-refractivity contribution is 0.155. The van der Waals surface area contributed by atoms with E-state index in [0.717, 1.165) is 11.3 Å². The third kappa shape index (κ3) is 5.48. The molecule has 0 aromatic heterocycles. The number of hydrogen-bond donors (Lipinski definition) is 1. The molecule has 4 nitrogen and oxygen atoms in total. The van der Waals surface area contributed by atoms with Crippen molar-refractivity contribution >= 4 is 11.8 Å². The molecule has 2 aromatic carbocycles. The van der Waals surface area contributed by atoms with Gasteiger partial charge in [0.2, 0.25) is 0 Å². The van der Waals surface area contributed by atoms with Crippen molar-refractivity contribution in [3.8, 4) is 5.75 Å². The number of para-hydroxylation sites is 1. The number of hydrogen-bond acceptors (Lipinski definition) is 3. The minimum atomic E-state index is -0.466. The summed E-state index contributed by atoms with van der Waals surface area (Å²) in [6, 6.07) is 16.8. The first-order valence-electron chi connectivity index (χ1n) is 7.34. The van der Waals surface area contributed by atoms with E-state index in [2.05, 4.69) is 19.2 Å². The van der Waals surface area contributed by atoms with Crippen LogP contribution in [-0.2, 0) is 11.3 Å². The first kappa shape index (κ1) is 15.9. The zero-order valence-electron chi connectivity index (χ0n) is 12.9. The van der Waals surface area contributed by atoms with Crippen LogP contribution in [0.2, 0.25) is 0 Å². The van der Waals surface area contributed by atoms with Crippen LogP contribution in [0.3, 0.4) is 0 Å². The number of rotatable bonds is 6. The maximum absolute atomic E-state index is 11.7. The Bertz CT molecular complexity index is 579. The molecule has 0 bridgehead atoms. The zero-order valence-corrected chi connectivity index (χ0v) is 12.9. The minimum Gasteiger partial charge on any atom is -0.493 e. The van der Waals surface area contributed by atoms with Gasteiger partial charge in [0.1, 0.15) is 12.4 Å². The summed E-state index contributed by atoms with van der Waals surface area (Å²) in [6.07, 6.45) is -0.466. The lowest BCUT2D eigenvalue weighted by atomic mass is 10.2. The maximum Gasteiger partial charge on any atom is 0.411 e. The Hall–Kier alpha value is -2.49. The fraction of sp³-hybridized carbons (Fsp3) is 0.278. The lowest BCUT2D eigenvalue weighted by Gasteiger charge is -2.10. The Balaban J connectivity index is 1.78. The predicted molar refractivity (Wildman–Crippen MR) is 87.0 cm³/mol. The number of anilines is 1. The van der Waals surface area contributed by atoms with Gasteiger partial charge >= 0.3 is 6.09 Å². The highest BCUT2D eigenvalue weighted by Crippen LogP contribution is 2.14. The third-order valence-corrected chi connectivity index (χ3v) is 2.90. The quantitative estimate of drug-likeness (QED) is 0.856. The molecular weight excluding hydrogens is 278 g/mol. The van der Waals surface area contributed by atoms with E-state index in [9.17, 15) is 4.79 Å². The normalized spacial score (nSPS) is 10.3. The van der Waals surface area contributed by atoms with E-state index >= 15 is 0 Å². The summed E-state index contributed by atoms with van der Waals surface area (Å²) in [6.45, 7) is 5.12. The van der Waals surface area contributed by atoms with Gasteiger partial charge in [-0.15, -0.1) is 0 Å². The Labute approximate surface area is 131 Å². The third-order valence-electron chi connectivity index (χ3n) is 2.90. The van der Waals surface area contributed by atoms with Gasteiger partial charge in [-0.1, -0.05) is 44.2 Å². The van der Waals surface area contributed by atoms with Crippen molar-refractivity contribution in [2.24, 2.45) is 5.92 Å². The maximum atomic E-state index is 11.7. The second-order valence-electron chi connectivity index (χ2n) is 5.42. The lowest BCUT2D eigenvalue weighted by Crippen LogP contribution is -2.13. The molecule has 0 atom stereocenters. The van der Waals surface area contributed by atoms with Gasteiger partial charge in [0, 0.05) is 5.69 Å². The van der Waals surface area contributed by atoms with E-state index < -0.39 is 6.09 Å². The van der Waals surface area contributed by atoms with Gasteiger partial charge in [-0.05, 0) is 35.7 Å². The van der Waals surface area contributed by atoms with E-state index in [-0.39, 0.29) is 6.61 Å². The number of amides is 1. The zero-order chi connectivity index (χ0) is 15.8. The first-order chi connectivity index (χ1) is 10.6. The van der Waals surface area contributed by atoms with Gasteiger partial charge in [-0.25, -0.2) is 4.79 Å². The van der Waals surface area contributed by atoms with Crippen LogP contribution < -0.4 is 10.1 Å². The Morgan fingerprint density at radius 1 is 1.05 bits per heavy atom. The van der Waals surface area contributed by atoms with Crippen molar-refractivity contribution in [3.63, 3.8) is 0 Å². The van der Waals surface area contributed by atoms with Crippen LogP contribution in [0.15, 0.2) is 54.6 Å². The molecule has 2 rings (SSSR count). The molecule has 2 aromatic rings. The smallest absolute Gasteiger partial charge is 0.411 e. The van der Waals surface area contributed by atoms with Gasteiger partial charge in [0.15, 0.2) is 0 Å². The van der Waals surface area contributed by atoms with Gasteiger partial charge in [0.25, 0.3) is 0 Å². The minimum absolute atomic E-state index is 0.225. The summed E-state index contributed by atoms with van der Waals surface area (Å²) >= 11 is 0. The monoisotopic (exact) mass is 299 g/mol. The number of nitrogens with one attached hydrogen (secondary N) is 1. The molecule has 116 valence electrons. The molecule has 4 heteroatoms. The molecule has 1 amide bonds. The summed E-state index contributed by atoms with van der Waals surface area (Å²) in [5.74, 6) is 1.32. The van der Waals surface area contributed by atoms with Gasteiger partial charge < -0.3 is 9.47 Å². The van der Waals surface area contributed by atoms with Crippen LogP contribution in [0.5, 0.6) is 5.75 Å². The van der Waals surface area contributed by atoms with E-state index in [1.807, 2.05) is 54.6 Å². The average molecular weight is 299 g/mol. The molecule has 1 N–H and O–H groups in total. The molecule has 0 saturated heterocycles. The van der Waals surface area contributed by atoms with E-state index in [0.29, 0.717) is 18.2 Å². The molecular formula is C18H21NO3. The average Bonchev–Trinajstić information content (AvgIpc) is 2.53. The number of carbonyl (C=O) groups is 1. The molecule has 0 fully saturated rings. The number of carbonyl (C=O) groups excluding carboxylic acids is 1. The largest absolute Gasteiger partial charge is 0.493 e.